The molecule has 1 aromatic heterocycles. The van der Waals surface area contributed by atoms with Crippen molar-refractivity contribution in [2.45, 2.75) is 77.6 Å². The van der Waals surface area contributed by atoms with E-state index in [1.165, 1.54) is 5.38 Å². The fraction of sp³-hybridized carbons (Fsp3) is 0.632. The zero-order valence-electron chi connectivity index (χ0n) is 17.9. The van der Waals surface area contributed by atoms with Gasteiger partial charge in [0.05, 0.1) is 0 Å². The van der Waals surface area contributed by atoms with Crippen LogP contribution in [0.5, 0.6) is 0 Å². The molecule has 166 valence electrons. The van der Waals surface area contributed by atoms with Crippen LogP contribution in [0.15, 0.2) is 10.5 Å². The third-order valence-corrected chi connectivity index (χ3v) is 4.56. The first-order valence-electron chi connectivity index (χ1n) is 9.40. The van der Waals surface area contributed by atoms with Crippen LogP contribution >= 0.6 is 11.3 Å². The summed E-state index contributed by atoms with van der Waals surface area (Å²) in [5.74, 6) is -1.97. The number of aliphatic carboxylic acids is 1. The largest absolute Gasteiger partial charge is 0.476 e. The van der Waals surface area contributed by atoms with E-state index < -0.39 is 40.5 Å². The van der Waals surface area contributed by atoms with E-state index in [9.17, 15) is 19.5 Å². The van der Waals surface area contributed by atoms with E-state index in [2.05, 4.69) is 15.5 Å². The number of oxime groups is 1. The highest BCUT2D eigenvalue weighted by molar-refractivity contribution is 7.14. The van der Waals surface area contributed by atoms with Crippen molar-refractivity contribution in [2.24, 2.45) is 5.16 Å². The number of hydrogen-bond donors (Lipinski definition) is 2. The second kappa shape index (κ2) is 8.58. The molecular formula is C19H27N3O7S. The molecule has 2 N–H and O–H groups in total. The van der Waals surface area contributed by atoms with Gasteiger partial charge in [0.2, 0.25) is 11.3 Å². The summed E-state index contributed by atoms with van der Waals surface area (Å²) in [5, 5.41) is 17.2. The fourth-order valence-corrected chi connectivity index (χ4v) is 3.04. The number of anilines is 1. The third-order valence-electron chi connectivity index (χ3n) is 3.80. The minimum Gasteiger partial charge on any atom is -0.476 e. The number of esters is 1. The molecule has 0 atom stereocenters. The maximum absolute atomic E-state index is 12.5. The Morgan fingerprint density at radius 1 is 1.13 bits per heavy atom. The van der Waals surface area contributed by atoms with Gasteiger partial charge in [0.15, 0.2) is 5.13 Å². The first kappa shape index (κ1) is 23.6. The second-order valence-corrected chi connectivity index (χ2v) is 9.71. The molecule has 2 rings (SSSR count). The highest BCUT2D eigenvalue weighted by atomic mass is 32.1. The van der Waals surface area contributed by atoms with Crippen LogP contribution in [-0.4, -0.2) is 50.6 Å². The van der Waals surface area contributed by atoms with Crippen molar-refractivity contribution in [3.8, 4) is 0 Å². The van der Waals surface area contributed by atoms with Gasteiger partial charge in [-0.05, 0) is 48.0 Å². The molecule has 1 aliphatic carbocycles. The smallest absolute Gasteiger partial charge is 0.413 e. The highest BCUT2D eigenvalue weighted by Crippen LogP contribution is 2.38. The van der Waals surface area contributed by atoms with Crippen LogP contribution in [0.3, 0.4) is 0 Å². The lowest BCUT2D eigenvalue weighted by atomic mass is 9.80. The van der Waals surface area contributed by atoms with Gasteiger partial charge >= 0.3 is 18.0 Å². The molecule has 0 radical (unpaired) electrons. The van der Waals surface area contributed by atoms with Gasteiger partial charge in [0, 0.05) is 18.2 Å². The lowest BCUT2D eigenvalue weighted by Crippen LogP contribution is -2.50. The Hall–Kier alpha value is -2.69. The Balaban J connectivity index is 2.15. The van der Waals surface area contributed by atoms with Gasteiger partial charge in [-0.25, -0.2) is 19.4 Å². The van der Waals surface area contributed by atoms with E-state index in [1.807, 2.05) is 0 Å². The first-order chi connectivity index (χ1) is 13.7. The molecule has 11 heteroatoms. The van der Waals surface area contributed by atoms with Crippen LogP contribution in [0.4, 0.5) is 9.93 Å². The van der Waals surface area contributed by atoms with Crippen molar-refractivity contribution in [1.82, 2.24) is 4.98 Å². The molecule has 1 aromatic rings. The monoisotopic (exact) mass is 441 g/mol. The lowest BCUT2D eigenvalue weighted by molar-refractivity contribution is -0.196. The number of carbonyl (C=O) groups is 3. The zero-order valence-corrected chi connectivity index (χ0v) is 18.7. The van der Waals surface area contributed by atoms with Gasteiger partial charge in [0.1, 0.15) is 16.9 Å². The number of nitrogens with zero attached hydrogens (tertiary/aromatic N) is 2. The van der Waals surface area contributed by atoms with E-state index in [0.717, 1.165) is 17.8 Å². The minimum absolute atomic E-state index is 0.0165. The van der Waals surface area contributed by atoms with E-state index >= 15 is 0 Å². The molecule has 0 aliphatic heterocycles. The molecule has 30 heavy (non-hydrogen) atoms. The standard InChI is InChI=1S/C19H27N3O7S/c1-17(2,3)27-14(25)19(8-7-9-19)29-22-12(13(23)24)11-10-30-15(20-11)21-16(26)28-18(4,5)6/h10H,7-9H2,1-6H3,(H,23,24)(H,20,21,26). The Labute approximate surface area is 178 Å². The van der Waals surface area contributed by atoms with Crippen molar-refractivity contribution in [1.29, 1.82) is 0 Å². The Morgan fingerprint density at radius 2 is 1.73 bits per heavy atom. The minimum atomic E-state index is -1.39. The molecule has 0 saturated heterocycles. The summed E-state index contributed by atoms with van der Waals surface area (Å²) in [6.07, 6.45) is 0.770. The fourth-order valence-electron chi connectivity index (χ4n) is 2.36. The topological polar surface area (TPSA) is 136 Å². The van der Waals surface area contributed by atoms with Crippen molar-refractivity contribution < 1.29 is 33.8 Å². The van der Waals surface area contributed by atoms with Crippen molar-refractivity contribution in [3.63, 3.8) is 0 Å². The number of aromatic nitrogens is 1. The number of ether oxygens (including phenoxy) is 2. The number of carboxylic acids is 1. The van der Waals surface area contributed by atoms with Gasteiger partial charge in [-0.15, -0.1) is 11.3 Å². The van der Waals surface area contributed by atoms with E-state index in [4.69, 9.17) is 14.3 Å². The predicted molar refractivity (Wildman–Crippen MR) is 110 cm³/mol. The normalized spacial score (nSPS) is 16.3. The molecule has 0 unspecified atom stereocenters. The summed E-state index contributed by atoms with van der Waals surface area (Å²) in [6.45, 7) is 10.3. The summed E-state index contributed by atoms with van der Waals surface area (Å²) in [5.41, 5.74) is -3.21. The Bertz CT molecular complexity index is 845. The summed E-state index contributed by atoms with van der Waals surface area (Å²) in [7, 11) is 0. The van der Waals surface area contributed by atoms with Gasteiger partial charge in [-0.2, -0.15) is 0 Å². The molecule has 0 aromatic carbocycles. The van der Waals surface area contributed by atoms with E-state index in [0.29, 0.717) is 12.8 Å². The highest BCUT2D eigenvalue weighted by Gasteiger charge is 2.50. The predicted octanol–water partition coefficient (Wildman–Crippen LogP) is 3.56. The van der Waals surface area contributed by atoms with Crippen LogP contribution in [-0.2, 0) is 23.9 Å². The molecule has 0 spiro atoms. The molecular weight excluding hydrogens is 414 g/mol. The number of thiazole rings is 1. The van der Waals surface area contributed by atoms with Crippen molar-refractivity contribution in [2.75, 3.05) is 5.32 Å². The number of nitrogens with one attached hydrogen (secondary N) is 1. The summed E-state index contributed by atoms with van der Waals surface area (Å²) < 4.78 is 10.5. The summed E-state index contributed by atoms with van der Waals surface area (Å²) in [6, 6.07) is 0. The second-order valence-electron chi connectivity index (χ2n) is 8.85. The molecule has 10 nitrogen and oxygen atoms in total. The van der Waals surface area contributed by atoms with E-state index in [1.54, 1.807) is 41.5 Å². The number of hydrogen-bond acceptors (Lipinski definition) is 9. The van der Waals surface area contributed by atoms with Crippen LogP contribution in [0, 0.1) is 0 Å². The van der Waals surface area contributed by atoms with Crippen molar-refractivity contribution >= 4 is 40.2 Å². The van der Waals surface area contributed by atoms with Gasteiger partial charge in [-0.3, -0.25) is 5.32 Å². The van der Waals surface area contributed by atoms with Crippen LogP contribution in [0.1, 0.15) is 66.5 Å². The first-order valence-corrected chi connectivity index (χ1v) is 10.3. The SMILES string of the molecule is CC(C)(C)OC(=O)Nc1nc(C(=NOC2(C(=O)OC(C)(C)C)CCC2)C(=O)O)cs1. The van der Waals surface area contributed by atoms with Gasteiger partial charge in [-0.1, -0.05) is 5.16 Å². The van der Waals surface area contributed by atoms with Crippen molar-refractivity contribution in [3.05, 3.63) is 11.1 Å². The van der Waals surface area contributed by atoms with Crippen LogP contribution in [0.25, 0.3) is 0 Å². The van der Waals surface area contributed by atoms with Gasteiger partial charge in [0.25, 0.3) is 0 Å². The van der Waals surface area contributed by atoms with Crippen LogP contribution < -0.4 is 5.32 Å². The average Bonchev–Trinajstić information content (AvgIpc) is 2.93. The zero-order chi connectivity index (χ0) is 22.7. The third kappa shape index (κ3) is 6.41. The lowest BCUT2D eigenvalue weighted by Gasteiger charge is -2.38. The molecule has 1 amide bonds. The van der Waals surface area contributed by atoms with Crippen LogP contribution in [0.2, 0.25) is 0 Å². The maximum atomic E-state index is 12.5. The average molecular weight is 442 g/mol. The number of amides is 1. The Kier molecular flexibility index (Phi) is 6.75. The number of carboxylic acid groups (broad SMARTS) is 1. The molecule has 1 fully saturated rings. The molecule has 0 bridgehead atoms. The quantitative estimate of drug-likeness (QED) is 0.388. The number of carbonyl (C=O) groups excluding carboxylic acids is 2. The summed E-state index contributed by atoms with van der Waals surface area (Å²) in [4.78, 5) is 45.4. The van der Waals surface area contributed by atoms with E-state index in [-0.39, 0.29) is 10.8 Å². The molecule has 1 aliphatic rings. The molecule has 1 heterocycles. The molecule has 1 saturated carbocycles. The maximum Gasteiger partial charge on any atom is 0.413 e. The van der Waals surface area contributed by atoms with Gasteiger partial charge < -0.3 is 19.4 Å². The number of rotatable bonds is 6. The summed E-state index contributed by atoms with van der Waals surface area (Å²) >= 11 is 1.00. The Morgan fingerprint density at radius 3 is 2.20 bits per heavy atom.